The van der Waals surface area contributed by atoms with E-state index in [0.717, 1.165) is 31.4 Å². The first-order valence-electron chi connectivity index (χ1n) is 7.62. The summed E-state index contributed by atoms with van der Waals surface area (Å²) in [5.41, 5.74) is 2.43. The van der Waals surface area contributed by atoms with Crippen molar-refractivity contribution in [2.24, 2.45) is 0 Å². The highest BCUT2D eigenvalue weighted by atomic mass is 35.5. The molecule has 3 aromatic rings. The number of aryl methyl sites for hydroxylation is 1. The van der Waals surface area contributed by atoms with E-state index in [1.165, 1.54) is 0 Å². The lowest BCUT2D eigenvalue weighted by molar-refractivity contribution is 0.573. The second kappa shape index (κ2) is 6.87. The maximum Gasteiger partial charge on any atom is 0.184 e. The molecule has 7 nitrogen and oxygen atoms in total. The van der Waals surface area contributed by atoms with Gasteiger partial charge in [0.15, 0.2) is 16.7 Å². The van der Waals surface area contributed by atoms with Crippen molar-refractivity contribution in [2.45, 2.75) is 39.3 Å². The van der Waals surface area contributed by atoms with E-state index in [4.69, 9.17) is 17.0 Å². The molecule has 8 heteroatoms. The van der Waals surface area contributed by atoms with Gasteiger partial charge in [-0.2, -0.15) is 0 Å². The number of halogens is 1. The lowest BCUT2D eigenvalue weighted by Gasteiger charge is -2.06. The molecule has 3 heterocycles. The van der Waals surface area contributed by atoms with E-state index in [9.17, 15) is 0 Å². The fourth-order valence-electron chi connectivity index (χ4n) is 2.39. The second-order valence-corrected chi connectivity index (χ2v) is 5.79. The third kappa shape index (κ3) is 3.39. The lowest BCUT2D eigenvalue weighted by Crippen LogP contribution is -2.21. The molecule has 0 spiro atoms. The molecule has 0 aliphatic rings. The van der Waals surface area contributed by atoms with Gasteiger partial charge >= 0.3 is 0 Å². The molecule has 23 heavy (non-hydrogen) atoms. The van der Waals surface area contributed by atoms with Crippen LogP contribution in [0.1, 0.15) is 31.7 Å². The molecule has 0 fully saturated rings. The van der Waals surface area contributed by atoms with Crippen molar-refractivity contribution in [3.8, 4) is 0 Å². The summed E-state index contributed by atoms with van der Waals surface area (Å²) in [6.07, 6.45) is 6.71. The summed E-state index contributed by atoms with van der Waals surface area (Å²) in [5.74, 6) is 0. The molecule has 0 aromatic carbocycles. The molecular weight excluding hydrogens is 314 g/mol. The Morgan fingerprint density at radius 3 is 2.83 bits per heavy atom. The highest BCUT2D eigenvalue weighted by Gasteiger charge is 2.10. The highest BCUT2D eigenvalue weighted by molar-refractivity contribution is 6.29. The number of nitrogens with one attached hydrogen (secondary N) is 1. The van der Waals surface area contributed by atoms with Crippen molar-refractivity contribution in [3.63, 3.8) is 0 Å². The Morgan fingerprint density at radius 2 is 2.09 bits per heavy atom. The number of unbranched alkanes of at least 4 members (excludes halogenated alkanes) is 2. The van der Waals surface area contributed by atoms with E-state index in [2.05, 4.69) is 27.2 Å². The molecule has 120 valence electrons. The zero-order valence-corrected chi connectivity index (χ0v) is 13.7. The van der Waals surface area contributed by atoms with E-state index in [0.29, 0.717) is 28.3 Å². The van der Waals surface area contributed by atoms with Gasteiger partial charge in [0.1, 0.15) is 5.15 Å². The summed E-state index contributed by atoms with van der Waals surface area (Å²) in [5, 5.41) is 17.0. The number of pyridine rings is 1. The monoisotopic (exact) mass is 331 g/mol. The summed E-state index contributed by atoms with van der Waals surface area (Å²) in [6.45, 7) is 3.43. The Balaban J connectivity index is 1.87. The molecule has 0 aliphatic heterocycles. The SMILES string of the molecule is CCCCCn1cnc2c(nnn2Cc2ccc(Cl)nc2)c1=N. The van der Waals surface area contributed by atoms with Crippen molar-refractivity contribution in [1.82, 2.24) is 29.5 Å². The van der Waals surface area contributed by atoms with Gasteiger partial charge in [0.2, 0.25) is 0 Å². The van der Waals surface area contributed by atoms with Crippen LogP contribution in [0.2, 0.25) is 5.15 Å². The van der Waals surface area contributed by atoms with Crippen LogP contribution in [0.3, 0.4) is 0 Å². The smallest absolute Gasteiger partial charge is 0.184 e. The van der Waals surface area contributed by atoms with Crippen LogP contribution in [0.15, 0.2) is 24.7 Å². The van der Waals surface area contributed by atoms with E-state index in [1.54, 1.807) is 23.3 Å². The van der Waals surface area contributed by atoms with Crippen LogP contribution in [0.25, 0.3) is 11.2 Å². The minimum atomic E-state index is 0.353. The molecule has 0 saturated carbocycles. The van der Waals surface area contributed by atoms with Crippen molar-refractivity contribution in [3.05, 3.63) is 40.9 Å². The van der Waals surface area contributed by atoms with Crippen molar-refractivity contribution >= 4 is 22.8 Å². The quantitative estimate of drug-likeness (QED) is 0.555. The second-order valence-electron chi connectivity index (χ2n) is 5.40. The molecule has 0 unspecified atom stereocenters. The van der Waals surface area contributed by atoms with Gasteiger partial charge in [-0.1, -0.05) is 42.6 Å². The molecular formula is C15H18ClN7. The first-order valence-corrected chi connectivity index (χ1v) is 8.00. The van der Waals surface area contributed by atoms with Crippen LogP contribution in [-0.2, 0) is 13.1 Å². The maximum absolute atomic E-state index is 8.27. The normalized spacial score (nSPS) is 11.2. The summed E-state index contributed by atoms with van der Waals surface area (Å²) >= 11 is 5.79. The summed E-state index contributed by atoms with van der Waals surface area (Å²) < 4.78 is 3.50. The van der Waals surface area contributed by atoms with Crippen molar-refractivity contribution in [2.75, 3.05) is 0 Å². The number of nitrogens with zero attached hydrogens (tertiary/aromatic N) is 6. The van der Waals surface area contributed by atoms with Crippen LogP contribution in [-0.4, -0.2) is 29.5 Å². The summed E-state index contributed by atoms with van der Waals surface area (Å²) in [6, 6.07) is 3.62. The lowest BCUT2D eigenvalue weighted by atomic mass is 10.2. The first kappa shape index (κ1) is 15.6. The highest BCUT2D eigenvalue weighted by Crippen LogP contribution is 2.09. The minimum absolute atomic E-state index is 0.353. The van der Waals surface area contributed by atoms with Gasteiger partial charge in [0.05, 0.1) is 12.9 Å². The Morgan fingerprint density at radius 1 is 1.22 bits per heavy atom. The van der Waals surface area contributed by atoms with Crippen LogP contribution in [0.4, 0.5) is 0 Å². The van der Waals surface area contributed by atoms with E-state index in [-0.39, 0.29) is 0 Å². The third-order valence-electron chi connectivity index (χ3n) is 3.66. The number of aromatic nitrogens is 6. The molecule has 1 N–H and O–H groups in total. The third-order valence-corrected chi connectivity index (χ3v) is 3.89. The number of hydrogen-bond acceptors (Lipinski definition) is 5. The van der Waals surface area contributed by atoms with Gasteiger partial charge < -0.3 is 4.57 Å². The Hall–Kier alpha value is -2.28. The van der Waals surface area contributed by atoms with Crippen molar-refractivity contribution < 1.29 is 0 Å². The molecule has 3 rings (SSSR count). The Kier molecular flexibility index (Phi) is 4.66. The summed E-state index contributed by atoms with van der Waals surface area (Å²) in [7, 11) is 0. The fraction of sp³-hybridized carbons (Fsp3) is 0.400. The van der Waals surface area contributed by atoms with Gasteiger partial charge in [-0.3, -0.25) is 5.41 Å². The molecule has 0 atom stereocenters. The van der Waals surface area contributed by atoms with Gasteiger partial charge in [-0.25, -0.2) is 14.6 Å². The predicted octanol–water partition coefficient (Wildman–Crippen LogP) is 2.39. The van der Waals surface area contributed by atoms with Gasteiger partial charge in [0, 0.05) is 12.7 Å². The van der Waals surface area contributed by atoms with E-state index < -0.39 is 0 Å². The predicted molar refractivity (Wildman–Crippen MR) is 87.0 cm³/mol. The number of fused-ring (bicyclic) bond motifs is 1. The number of hydrogen-bond donors (Lipinski definition) is 1. The molecule has 0 radical (unpaired) electrons. The molecule has 0 aliphatic carbocycles. The Bertz CT molecular complexity index is 850. The molecule has 3 aromatic heterocycles. The van der Waals surface area contributed by atoms with Crippen LogP contribution in [0, 0.1) is 5.41 Å². The summed E-state index contributed by atoms with van der Waals surface area (Å²) in [4.78, 5) is 8.48. The van der Waals surface area contributed by atoms with Crippen molar-refractivity contribution in [1.29, 1.82) is 5.41 Å². The molecule has 0 saturated heterocycles. The topological polar surface area (TPSA) is 85.3 Å². The largest absolute Gasteiger partial charge is 0.316 e. The zero-order chi connectivity index (χ0) is 16.2. The van der Waals surface area contributed by atoms with Crippen LogP contribution < -0.4 is 5.49 Å². The standard InChI is InChI=1S/C15H18ClN7/c1-2-3-4-7-22-10-19-15-13(14(22)17)20-21-23(15)9-11-5-6-12(16)18-8-11/h5-6,8,10,17H,2-4,7,9H2,1H3. The minimum Gasteiger partial charge on any atom is -0.316 e. The van der Waals surface area contributed by atoms with Gasteiger partial charge in [0.25, 0.3) is 0 Å². The fourth-order valence-corrected chi connectivity index (χ4v) is 2.50. The van der Waals surface area contributed by atoms with Crippen LogP contribution >= 0.6 is 11.6 Å². The average Bonchev–Trinajstić information content (AvgIpc) is 2.96. The first-order chi connectivity index (χ1) is 11.2. The van der Waals surface area contributed by atoms with Crippen LogP contribution in [0.5, 0.6) is 0 Å². The zero-order valence-electron chi connectivity index (χ0n) is 12.9. The average molecular weight is 332 g/mol. The van der Waals surface area contributed by atoms with E-state index >= 15 is 0 Å². The Labute approximate surface area is 138 Å². The molecule has 0 bridgehead atoms. The maximum atomic E-state index is 8.27. The number of rotatable bonds is 6. The molecule has 0 amide bonds. The van der Waals surface area contributed by atoms with Gasteiger partial charge in [-0.05, 0) is 18.1 Å². The van der Waals surface area contributed by atoms with E-state index in [1.807, 2.05) is 10.6 Å². The van der Waals surface area contributed by atoms with Gasteiger partial charge in [-0.15, -0.1) is 5.10 Å².